The zero-order valence-corrected chi connectivity index (χ0v) is 22.4. The number of pyridine rings is 1. The van der Waals surface area contributed by atoms with E-state index in [1.807, 2.05) is 30.3 Å². The molecule has 0 spiro atoms. The fraction of sp³-hybridized carbons (Fsp3) is 0.379. The molecule has 4 heterocycles. The third kappa shape index (κ3) is 5.08. The smallest absolute Gasteiger partial charge is 0.319 e. The molecule has 0 aliphatic carbocycles. The van der Waals surface area contributed by atoms with Crippen LogP contribution in [0.3, 0.4) is 0 Å². The maximum absolute atomic E-state index is 16.3. The van der Waals surface area contributed by atoms with E-state index in [0.717, 1.165) is 36.7 Å². The molecule has 2 aromatic carbocycles. The van der Waals surface area contributed by atoms with Crippen LogP contribution in [0.4, 0.5) is 10.2 Å². The number of esters is 1. The Hall–Kier alpha value is -3.56. The minimum atomic E-state index is -0.557. The van der Waals surface area contributed by atoms with Crippen LogP contribution in [0.25, 0.3) is 32.9 Å². The minimum Gasteiger partial charge on any atom is -0.466 e. The second-order valence-electron chi connectivity index (χ2n) is 9.96. The van der Waals surface area contributed by atoms with Crippen molar-refractivity contribution in [1.82, 2.24) is 20.3 Å². The molecule has 2 unspecified atom stereocenters. The van der Waals surface area contributed by atoms with E-state index in [-0.39, 0.29) is 36.2 Å². The van der Waals surface area contributed by atoms with E-state index >= 15 is 4.39 Å². The number of aromatic nitrogens is 3. The molecule has 2 aliphatic rings. The SMILES string of the molecule is CCOC(=O)CCCOc1nc(N2CC3CCC(C2)N3)c2cnc(-c3cccc4cccc(Cl)c34)c(F)c2n1. The van der Waals surface area contributed by atoms with Crippen molar-refractivity contribution < 1.29 is 18.7 Å². The number of nitrogens with zero attached hydrogens (tertiary/aromatic N) is 4. The highest BCUT2D eigenvalue weighted by atomic mass is 35.5. The van der Waals surface area contributed by atoms with E-state index in [1.54, 1.807) is 19.2 Å². The maximum atomic E-state index is 16.3. The third-order valence-corrected chi connectivity index (χ3v) is 7.65. The van der Waals surface area contributed by atoms with Gasteiger partial charge in [-0.2, -0.15) is 9.97 Å². The number of nitrogens with one attached hydrogen (secondary N) is 1. The van der Waals surface area contributed by atoms with Gasteiger partial charge in [0.1, 0.15) is 17.0 Å². The molecule has 2 aromatic heterocycles. The molecular weight excluding hydrogens is 521 g/mol. The van der Waals surface area contributed by atoms with Gasteiger partial charge >= 0.3 is 12.0 Å². The molecule has 2 saturated heterocycles. The Kier molecular flexibility index (Phi) is 7.18. The van der Waals surface area contributed by atoms with E-state index in [9.17, 15) is 4.79 Å². The number of fused-ring (bicyclic) bond motifs is 4. The number of piperazine rings is 1. The van der Waals surface area contributed by atoms with Gasteiger partial charge in [-0.3, -0.25) is 9.78 Å². The molecule has 0 radical (unpaired) electrons. The minimum absolute atomic E-state index is 0.0687. The number of carbonyl (C=O) groups excluding carboxylic acids is 1. The van der Waals surface area contributed by atoms with E-state index in [4.69, 9.17) is 26.1 Å². The van der Waals surface area contributed by atoms with Crippen molar-refractivity contribution in [3.05, 3.63) is 53.4 Å². The van der Waals surface area contributed by atoms with Crippen LogP contribution in [-0.2, 0) is 9.53 Å². The fourth-order valence-corrected chi connectivity index (χ4v) is 5.87. The molecule has 0 amide bonds. The number of rotatable bonds is 8. The Morgan fingerprint density at radius 3 is 2.69 bits per heavy atom. The van der Waals surface area contributed by atoms with Gasteiger partial charge < -0.3 is 19.7 Å². The summed E-state index contributed by atoms with van der Waals surface area (Å²) in [6.45, 7) is 3.82. The van der Waals surface area contributed by atoms with Crippen LogP contribution in [0, 0.1) is 5.82 Å². The van der Waals surface area contributed by atoms with Gasteiger partial charge in [0.15, 0.2) is 5.82 Å². The van der Waals surface area contributed by atoms with Crippen molar-refractivity contribution in [3.8, 4) is 17.3 Å². The molecule has 202 valence electrons. The van der Waals surface area contributed by atoms with Gasteiger partial charge in [-0.1, -0.05) is 41.9 Å². The lowest BCUT2D eigenvalue weighted by Gasteiger charge is -2.34. The number of carbonyl (C=O) groups is 1. The summed E-state index contributed by atoms with van der Waals surface area (Å²) in [5, 5.41) is 6.30. The van der Waals surface area contributed by atoms with Crippen LogP contribution < -0.4 is 15.0 Å². The van der Waals surface area contributed by atoms with E-state index in [2.05, 4.69) is 20.2 Å². The number of hydrogen-bond acceptors (Lipinski definition) is 8. The second kappa shape index (κ2) is 10.9. The predicted molar refractivity (Wildman–Crippen MR) is 149 cm³/mol. The molecule has 2 aliphatic heterocycles. The van der Waals surface area contributed by atoms with Crippen molar-refractivity contribution in [2.24, 2.45) is 0 Å². The summed E-state index contributed by atoms with van der Waals surface area (Å²) in [6, 6.07) is 12.0. The summed E-state index contributed by atoms with van der Waals surface area (Å²) in [7, 11) is 0. The van der Waals surface area contributed by atoms with Gasteiger partial charge in [0, 0.05) is 53.8 Å². The van der Waals surface area contributed by atoms with Crippen LogP contribution in [0.5, 0.6) is 6.01 Å². The van der Waals surface area contributed by atoms with Gasteiger partial charge in [-0.15, -0.1) is 0 Å². The fourth-order valence-electron chi connectivity index (χ4n) is 5.59. The number of ether oxygens (including phenoxy) is 2. The summed E-state index contributed by atoms with van der Waals surface area (Å²) >= 11 is 6.54. The Morgan fingerprint density at radius 2 is 1.92 bits per heavy atom. The highest BCUT2D eigenvalue weighted by molar-refractivity contribution is 6.36. The van der Waals surface area contributed by atoms with Gasteiger partial charge in [0.25, 0.3) is 0 Å². The normalized spacial score (nSPS) is 18.6. The average molecular weight is 550 g/mol. The summed E-state index contributed by atoms with van der Waals surface area (Å²) in [4.78, 5) is 27.6. The first-order valence-corrected chi connectivity index (χ1v) is 13.7. The third-order valence-electron chi connectivity index (χ3n) is 7.33. The van der Waals surface area contributed by atoms with Crippen molar-refractivity contribution in [2.75, 3.05) is 31.2 Å². The second-order valence-corrected chi connectivity index (χ2v) is 10.4. The largest absolute Gasteiger partial charge is 0.466 e. The molecule has 2 atom stereocenters. The lowest BCUT2D eigenvalue weighted by molar-refractivity contribution is -0.143. The lowest BCUT2D eigenvalue weighted by Crippen LogP contribution is -2.51. The van der Waals surface area contributed by atoms with Crippen LogP contribution in [0.1, 0.15) is 32.6 Å². The predicted octanol–water partition coefficient (Wildman–Crippen LogP) is 5.30. The number of anilines is 1. The zero-order valence-electron chi connectivity index (χ0n) is 21.6. The van der Waals surface area contributed by atoms with Crippen LogP contribution in [0.2, 0.25) is 5.02 Å². The Balaban J connectivity index is 1.41. The van der Waals surface area contributed by atoms with Gasteiger partial charge in [-0.25, -0.2) is 4.39 Å². The summed E-state index contributed by atoms with van der Waals surface area (Å²) < 4.78 is 27.2. The molecule has 2 fully saturated rings. The first-order chi connectivity index (χ1) is 19.0. The van der Waals surface area contributed by atoms with Gasteiger partial charge in [-0.05, 0) is 37.6 Å². The van der Waals surface area contributed by atoms with E-state index in [1.165, 1.54) is 0 Å². The zero-order chi connectivity index (χ0) is 26.9. The molecule has 6 rings (SSSR count). The van der Waals surface area contributed by atoms with Gasteiger partial charge in [0.05, 0.1) is 18.6 Å². The van der Waals surface area contributed by atoms with Gasteiger partial charge in [0.2, 0.25) is 0 Å². The standard InChI is InChI=1S/C29H29ClFN5O3/c1-2-38-23(37)10-5-13-39-29-34-27-21(28(35-29)36-15-18-11-12-19(16-36)33-18)14-32-26(25(27)31)20-8-3-6-17-7-4-9-22(30)24(17)20/h3-4,6-9,14,18-19,33H,2,5,10-13,15-16H2,1H3. The summed E-state index contributed by atoms with van der Waals surface area (Å²) in [6.07, 6.45) is 4.50. The quantitative estimate of drug-likeness (QED) is 0.234. The molecule has 1 N–H and O–H groups in total. The van der Waals surface area contributed by atoms with Crippen molar-refractivity contribution in [1.29, 1.82) is 0 Å². The topological polar surface area (TPSA) is 89.5 Å². The first-order valence-electron chi connectivity index (χ1n) is 13.3. The maximum Gasteiger partial charge on any atom is 0.319 e. The summed E-state index contributed by atoms with van der Waals surface area (Å²) in [5.74, 6) is -0.237. The highest BCUT2D eigenvalue weighted by Crippen LogP contribution is 2.38. The Labute approximate surface area is 230 Å². The van der Waals surface area contributed by atoms with Crippen molar-refractivity contribution in [3.63, 3.8) is 0 Å². The average Bonchev–Trinajstić information content (AvgIpc) is 3.28. The number of hydrogen-bond donors (Lipinski definition) is 1. The lowest BCUT2D eigenvalue weighted by atomic mass is 10.0. The van der Waals surface area contributed by atoms with Crippen LogP contribution in [-0.4, -0.2) is 59.3 Å². The molecule has 10 heteroatoms. The number of halogens is 2. The number of benzene rings is 2. The summed E-state index contributed by atoms with van der Waals surface area (Å²) in [5.41, 5.74) is 0.898. The molecule has 0 saturated carbocycles. The van der Waals surface area contributed by atoms with Crippen molar-refractivity contribution in [2.45, 2.75) is 44.7 Å². The molecule has 4 aromatic rings. The molecule has 2 bridgehead atoms. The van der Waals surface area contributed by atoms with E-state index < -0.39 is 5.82 Å². The highest BCUT2D eigenvalue weighted by Gasteiger charge is 2.34. The van der Waals surface area contributed by atoms with Crippen LogP contribution in [0.15, 0.2) is 42.6 Å². The monoisotopic (exact) mass is 549 g/mol. The Bertz CT molecular complexity index is 1530. The van der Waals surface area contributed by atoms with Crippen LogP contribution >= 0.6 is 11.6 Å². The molecule has 39 heavy (non-hydrogen) atoms. The van der Waals surface area contributed by atoms with E-state index in [0.29, 0.717) is 46.9 Å². The molecular formula is C29H29ClFN5O3. The Morgan fingerprint density at radius 1 is 1.15 bits per heavy atom. The molecule has 8 nitrogen and oxygen atoms in total. The van der Waals surface area contributed by atoms with Crippen molar-refractivity contribution >= 4 is 45.1 Å². The first kappa shape index (κ1) is 25.7.